The first-order chi connectivity index (χ1) is 12.9. The van der Waals surface area contributed by atoms with Gasteiger partial charge in [0.1, 0.15) is 5.75 Å². The minimum Gasteiger partial charge on any atom is -0.497 e. The molecule has 2 amide bonds. The van der Waals surface area contributed by atoms with Crippen molar-refractivity contribution in [3.8, 4) is 11.5 Å². The van der Waals surface area contributed by atoms with E-state index in [1.165, 1.54) is 0 Å². The zero-order valence-electron chi connectivity index (χ0n) is 16.1. The van der Waals surface area contributed by atoms with Gasteiger partial charge >= 0.3 is 0 Å². The average molecular weight is 369 g/mol. The van der Waals surface area contributed by atoms with Gasteiger partial charge in [-0.3, -0.25) is 9.59 Å². The highest BCUT2D eigenvalue weighted by molar-refractivity contribution is 6.27. The van der Waals surface area contributed by atoms with Crippen LogP contribution in [0, 0.1) is 5.92 Å². The fourth-order valence-electron chi connectivity index (χ4n) is 2.92. The average Bonchev–Trinajstić information content (AvgIpc) is 3.14. The number of carbonyl (C=O) groups excluding carboxylic acids is 2. The molecule has 0 radical (unpaired) electrons. The monoisotopic (exact) mass is 369 g/mol. The van der Waals surface area contributed by atoms with Crippen molar-refractivity contribution in [1.29, 1.82) is 0 Å². The van der Waals surface area contributed by atoms with Crippen molar-refractivity contribution in [3.63, 3.8) is 0 Å². The second-order valence-corrected chi connectivity index (χ2v) is 6.56. The van der Waals surface area contributed by atoms with Crippen LogP contribution in [0.5, 0.6) is 11.5 Å². The molecule has 0 spiro atoms. The number of methoxy groups -OCH3 is 1. The topological polar surface area (TPSA) is 71.4 Å². The number of allylic oxidation sites excluding steroid dienone is 2. The van der Waals surface area contributed by atoms with Crippen molar-refractivity contribution in [2.24, 2.45) is 11.0 Å². The molecule has 0 aliphatic carbocycles. The third kappa shape index (κ3) is 3.32. The highest BCUT2D eigenvalue weighted by Gasteiger charge is 2.33. The third-order valence-corrected chi connectivity index (χ3v) is 4.41. The molecule has 1 aromatic rings. The molecule has 27 heavy (non-hydrogen) atoms. The van der Waals surface area contributed by atoms with Gasteiger partial charge < -0.3 is 14.4 Å². The van der Waals surface area contributed by atoms with E-state index in [4.69, 9.17) is 9.47 Å². The number of fused-ring (bicyclic) bond motifs is 1. The van der Waals surface area contributed by atoms with Crippen molar-refractivity contribution in [3.05, 3.63) is 41.8 Å². The van der Waals surface area contributed by atoms with E-state index in [0.717, 1.165) is 22.2 Å². The number of carbonyl (C=O) groups is 2. The quantitative estimate of drug-likeness (QED) is 0.763. The van der Waals surface area contributed by atoms with Crippen molar-refractivity contribution < 1.29 is 19.1 Å². The van der Waals surface area contributed by atoms with Crippen LogP contribution in [0.1, 0.15) is 27.7 Å². The zero-order chi connectivity index (χ0) is 19.7. The second-order valence-electron chi connectivity index (χ2n) is 6.56. The Hall–Kier alpha value is -3.09. The zero-order valence-corrected chi connectivity index (χ0v) is 16.1. The molecular weight excluding hydrogens is 346 g/mol. The maximum atomic E-state index is 12.5. The molecule has 0 saturated heterocycles. The Morgan fingerprint density at radius 1 is 1.33 bits per heavy atom. The van der Waals surface area contributed by atoms with Crippen molar-refractivity contribution >= 4 is 23.2 Å². The Bertz CT molecular complexity index is 883. The summed E-state index contributed by atoms with van der Waals surface area (Å²) in [5.74, 6) is 1.03. The van der Waals surface area contributed by atoms with Crippen LogP contribution in [0.25, 0.3) is 0 Å². The molecule has 2 heterocycles. The van der Waals surface area contributed by atoms with Crippen LogP contribution in [0.15, 0.2) is 46.9 Å². The molecule has 0 saturated carbocycles. The van der Waals surface area contributed by atoms with Crippen LogP contribution in [0.4, 0.5) is 5.69 Å². The van der Waals surface area contributed by atoms with Gasteiger partial charge in [-0.2, -0.15) is 10.1 Å². The molecule has 0 aromatic heterocycles. The standard InChI is InChI=1S/C20H23N3O4/c1-6-22-16-11-14(26-5)7-9-17(16)27-18(22)10-8-15-13(4)21-23(20(15)25)19(24)12(2)3/h7-12H,6H2,1-5H3/b15-8+,18-10+. The van der Waals surface area contributed by atoms with Gasteiger partial charge in [0.15, 0.2) is 5.75 Å². The maximum absolute atomic E-state index is 12.5. The lowest BCUT2D eigenvalue weighted by atomic mass is 10.1. The van der Waals surface area contributed by atoms with Gasteiger partial charge in [0.05, 0.1) is 24.1 Å². The summed E-state index contributed by atoms with van der Waals surface area (Å²) in [6, 6.07) is 5.59. The van der Waals surface area contributed by atoms with Gasteiger partial charge in [-0.15, -0.1) is 0 Å². The predicted octanol–water partition coefficient (Wildman–Crippen LogP) is 3.08. The van der Waals surface area contributed by atoms with Crippen LogP contribution >= 0.6 is 0 Å². The van der Waals surface area contributed by atoms with E-state index >= 15 is 0 Å². The van der Waals surface area contributed by atoms with Gasteiger partial charge in [-0.1, -0.05) is 13.8 Å². The van der Waals surface area contributed by atoms with E-state index in [-0.39, 0.29) is 11.8 Å². The van der Waals surface area contributed by atoms with E-state index in [9.17, 15) is 9.59 Å². The number of benzene rings is 1. The summed E-state index contributed by atoms with van der Waals surface area (Å²) in [5.41, 5.74) is 1.79. The Labute approximate surface area is 158 Å². The summed E-state index contributed by atoms with van der Waals surface area (Å²) in [4.78, 5) is 26.7. The number of rotatable bonds is 4. The maximum Gasteiger partial charge on any atom is 0.283 e. The third-order valence-electron chi connectivity index (χ3n) is 4.41. The Kier molecular flexibility index (Phi) is 5.03. The minimum absolute atomic E-state index is 0.304. The number of amides is 2. The van der Waals surface area contributed by atoms with E-state index < -0.39 is 5.91 Å². The molecule has 7 nitrogen and oxygen atoms in total. The van der Waals surface area contributed by atoms with Gasteiger partial charge in [0.2, 0.25) is 5.88 Å². The summed E-state index contributed by atoms with van der Waals surface area (Å²) in [5, 5.41) is 5.04. The number of imide groups is 1. The lowest BCUT2D eigenvalue weighted by molar-refractivity contribution is -0.143. The lowest BCUT2D eigenvalue weighted by Gasteiger charge is -2.15. The fraction of sp³-hybridized carbons (Fsp3) is 0.350. The van der Waals surface area contributed by atoms with Crippen molar-refractivity contribution in [2.75, 3.05) is 18.6 Å². The Balaban J connectivity index is 1.88. The Morgan fingerprint density at radius 2 is 2.07 bits per heavy atom. The van der Waals surface area contributed by atoms with Gasteiger partial charge in [-0.25, -0.2) is 0 Å². The Morgan fingerprint density at radius 3 is 2.70 bits per heavy atom. The predicted molar refractivity (Wildman–Crippen MR) is 103 cm³/mol. The van der Waals surface area contributed by atoms with E-state index in [2.05, 4.69) is 5.10 Å². The molecule has 1 aromatic carbocycles. The van der Waals surface area contributed by atoms with E-state index in [1.807, 2.05) is 30.0 Å². The van der Waals surface area contributed by atoms with Gasteiger partial charge in [0, 0.05) is 18.5 Å². The van der Waals surface area contributed by atoms with E-state index in [1.54, 1.807) is 40.0 Å². The largest absolute Gasteiger partial charge is 0.497 e. The molecule has 2 aliphatic heterocycles. The summed E-state index contributed by atoms with van der Waals surface area (Å²) in [6.45, 7) is 7.88. The highest BCUT2D eigenvalue weighted by atomic mass is 16.5. The fourth-order valence-corrected chi connectivity index (χ4v) is 2.92. The number of nitrogens with zero attached hydrogens (tertiary/aromatic N) is 3. The summed E-state index contributed by atoms with van der Waals surface area (Å²) < 4.78 is 11.2. The molecule has 2 aliphatic rings. The summed E-state index contributed by atoms with van der Waals surface area (Å²) in [6.07, 6.45) is 3.38. The second kappa shape index (κ2) is 7.26. The van der Waals surface area contributed by atoms with Gasteiger partial charge in [-0.05, 0) is 38.1 Å². The minimum atomic E-state index is -0.414. The van der Waals surface area contributed by atoms with Crippen LogP contribution < -0.4 is 14.4 Å². The van der Waals surface area contributed by atoms with Crippen molar-refractivity contribution in [1.82, 2.24) is 5.01 Å². The normalized spacial score (nSPS) is 19.0. The first-order valence-corrected chi connectivity index (χ1v) is 8.86. The number of ether oxygens (including phenoxy) is 2. The molecule has 0 atom stereocenters. The van der Waals surface area contributed by atoms with Gasteiger partial charge in [0.25, 0.3) is 11.8 Å². The van der Waals surface area contributed by atoms with Crippen LogP contribution in [-0.4, -0.2) is 36.2 Å². The van der Waals surface area contributed by atoms with Crippen LogP contribution in [0.2, 0.25) is 0 Å². The van der Waals surface area contributed by atoms with E-state index in [0.29, 0.717) is 23.7 Å². The SMILES string of the molecule is CCN1/C(=C\C=C2\C(=O)N(C(=O)C(C)C)N=C2C)Oc2ccc(OC)cc21. The number of hydrazone groups is 1. The molecule has 7 heteroatoms. The molecule has 142 valence electrons. The molecule has 0 bridgehead atoms. The summed E-state index contributed by atoms with van der Waals surface area (Å²) in [7, 11) is 1.62. The number of anilines is 1. The number of hydrogen-bond acceptors (Lipinski definition) is 6. The molecule has 0 N–H and O–H groups in total. The smallest absolute Gasteiger partial charge is 0.283 e. The molecular formula is C20H23N3O4. The highest BCUT2D eigenvalue weighted by Crippen LogP contribution is 2.41. The molecule has 0 fully saturated rings. The van der Waals surface area contributed by atoms with Crippen molar-refractivity contribution in [2.45, 2.75) is 27.7 Å². The first-order valence-electron chi connectivity index (χ1n) is 8.86. The lowest BCUT2D eigenvalue weighted by Crippen LogP contribution is -2.32. The van der Waals surface area contributed by atoms with Crippen LogP contribution in [0.3, 0.4) is 0 Å². The first kappa shape index (κ1) is 18.7. The van der Waals surface area contributed by atoms with Crippen LogP contribution in [-0.2, 0) is 9.59 Å². The summed E-state index contributed by atoms with van der Waals surface area (Å²) >= 11 is 0. The molecule has 3 rings (SSSR count). The number of hydrogen-bond donors (Lipinski definition) is 0. The molecule has 0 unspecified atom stereocenters.